The molecule has 0 saturated heterocycles. The van der Waals surface area contributed by atoms with Crippen LogP contribution in [-0.4, -0.2) is 21.0 Å². The lowest BCUT2D eigenvalue weighted by atomic mass is 10.2. The highest BCUT2D eigenvalue weighted by Crippen LogP contribution is 2.19. The molecule has 0 aliphatic carbocycles. The zero-order chi connectivity index (χ0) is 13.0. The average molecular weight is 263 g/mol. The minimum atomic E-state index is -0.835. The van der Waals surface area contributed by atoms with E-state index in [1.165, 1.54) is 0 Å². The molecular weight excluding hydrogens is 252 g/mol. The molecule has 5 heteroatoms. The van der Waals surface area contributed by atoms with Crippen molar-refractivity contribution in [3.8, 4) is 11.4 Å². The molecule has 4 nitrogen and oxygen atoms in total. The predicted octanol–water partition coefficient (Wildman–Crippen LogP) is 2.81. The number of hydrogen-bond donors (Lipinski definition) is 1. The van der Waals surface area contributed by atoms with Crippen LogP contribution in [0.3, 0.4) is 0 Å². The SMILES string of the molecule is O=C(O)CCc1ccnc(-c2cccc(Cl)c2)n1. The Balaban J connectivity index is 2.24. The van der Waals surface area contributed by atoms with Gasteiger partial charge in [0.15, 0.2) is 5.82 Å². The Morgan fingerprint density at radius 2 is 2.17 bits per heavy atom. The van der Waals surface area contributed by atoms with E-state index >= 15 is 0 Å². The van der Waals surface area contributed by atoms with Crippen molar-refractivity contribution >= 4 is 17.6 Å². The summed E-state index contributed by atoms with van der Waals surface area (Å²) in [6.07, 6.45) is 2.08. The van der Waals surface area contributed by atoms with Crippen LogP contribution in [0.1, 0.15) is 12.1 Å². The number of benzene rings is 1. The second-order valence-electron chi connectivity index (χ2n) is 3.78. The molecule has 0 bridgehead atoms. The molecule has 18 heavy (non-hydrogen) atoms. The zero-order valence-corrected chi connectivity index (χ0v) is 10.3. The Bertz CT molecular complexity index is 572. The van der Waals surface area contributed by atoms with E-state index in [0.717, 1.165) is 5.56 Å². The third kappa shape index (κ3) is 3.28. The largest absolute Gasteiger partial charge is 0.481 e. The van der Waals surface area contributed by atoms with Gasteiger partial charge >= 0.3 is 5.97 Å². The van der Waals surface area contributed by atoms with Gasteiger partial charge in [-0.2, -0.15) is 0 Å². The second kappa shape index (κ2) is 5.60. The Hall–Kier alpha value is -1.94. The molecule has 0 aliphatic heterocycles. The number of carbonyl (C=O) groups is 1. The molecule has 2 rings (SSSR count). The number of aliphatic carboxylic acids is 1. The minimum absolute atomic E-state index is 0.0615. The summed E-state index contributed by atoms with van der Waals surface area (Å²) in [6, 6.07) is 8.96. The molecule has 0 fully saturated rings. The first-order valence-electron chi connectivity index (χ1n) is 5.45. The van der Waals surface area contributed by atoms with Crippen LogP contribution >= 0.6 is 11.6 Å². The molecular formula is C13H11ClN2O2. The number of hydrogen-bond acceptors (Lipinski definition) is 3. The first-order valence-corrected chi connectivity index (χ1v) is 5.82. The van der Waals surface area contributed by atoms with Crippen molar-refractivity contribution in [1.29, 1.82) is 0 Å². The van der Waals surface area contributed by atoms with Gasteiger partial charge in [0.25, 0.3) is 0 Å². The van der Waals surface area contributed by atoms with E-state index in [2.05, 4.69) is 9.97 Å². The van der Waals surface area contributed by atoms with E-state index in [1.54, 1.807) is 24.4 Å². The maximum absolute atomic E-state index is 10.5. The summed E-state index contributed by atoms with van der Waals surface area (Å²) in [6.45, 7) is 0. The molecule has 0 atom stereocenters. The van der Waals surface area contributed by atoms with E-state index in [-0.39, 0.29) is 6.42 Å². The van der Waals surface area contributed by atoms with Gasteiger partial charge in [0.1, 0.15) is 0 Å². The first kappa shape index (κ1) is 12.5. The molecule has 0 radical (unpaired) electrons. The fourth-order valence-electron chi connectivity index (χ4n) is 1.54. The Kier molecular flexibility index (Phi) is 3.89. The third-order valence-corrected chi connectivity index (χ3v) is 2.63. The molecule has 0 amide bonds. The Morgan fingerprint density at radius 3 is 2.89 bits per heavy atom. The van der Waals surface area contributed by atoms with E-state index in [0.29, 0.717) is 23.0 Å². The normalized spacial score (nSPS) is 10.3. The molecule has 1 aromatic carbocycles. The summed E-state index contributed by atoms with van der Waals surface area (Å²) in [5, 5.41) is 9.25. The van der Waals surface area contributed by atoms with Gasteiger partial charge in [0.05, 0.1) is 6.42 Å². The van der Waals surface area contributed by atoms with Crippen LogP contribution in [0.2, 0.25) is 5.02 Å². The van der Waals surface area contributed by atoms with E-state index in [4.69, 9.17) is 16.7 Å². The summed E-state index contributed by atoms with van der Waals surface area (Å²) in [4.78, 5) is 19.0. The smallest absolute Gasteiger partial charge is 0.303 e. The van der Waals surface area contributed by atoms with E-state index < -0.39 is 5.97 Å². The molecule has 1 aromatic heterocycles. The first-order chi connectivity index (χ1) is 8.65. The van der Waals surface area contributed by atoms with E-state index in [1.807, 2.05) is 12.1 Å². The fraction of sp³-hybridized carbons (Fsp3) is 0.154. The number of carboxylic acids is 1. The number of aryl methyl sites for hydroxylation is 1. The van der Waals surface area contributed by atoms with E-state index in [9.17, 15) is 4.79 Å². The van der Waals surface area contributed by atoms with Crippen LogP contribution < -0.4 is 0 Å². The van der Waals surface area contributed by atoms with Crippen LogP contribution in [0.4, 0.5) is 0 Å². The molecule has 0 aliphatic rings. The highest BCUT2D eigenvalue weighted by molar-refractivity contribution is 6.30. The number of halogens is 1. The van der Waals surface area contributed by atoms with Gasteiger partial charge in [-0.25, -0.2) is 9.97 Å². The highest BCUT2D eigenvalue weighted by atomic mass is 35.5. The summed E-state index contributed by atoms with van der Waals surface area (Å²) in [7, 11) is 0. The van der Waals surface area contributed by atoms with Gasteiger partial charge in [-0.3, -0.25) is 4.79 Å². The maximum atomic E-state index is 10.5. The predicted molar refractivity (Wildman–Crippen MR) is 68.4 cm³/mol. The van der Waals surface area contributed by atoms with Crippen molar-refractivity contribution in [2.24, 2.45) is 0 Å². The van der Waals surface area contributed by atoms with Gasteiger partial charge in [-0.05, 0) is 18.2 Å². The van der Waals surface area contributed by atoms with Gasteiger partial charge < -0.3 is 5.11 Å². The fourth-order valence-corrected chi connectivity index (χ4v) is 1.73. The molecule has 92 valence electrons. The van der Waals surface area contributed by atoms with Gasteiger partial charge in [0.2, 0.25) is 0 Å². The molecule has 0 saturated carbocycles. The monoisotopic (exact) mass is 262 g/mol. The van der Waals surface area contributed by atoms with Crippen molar-refractivity contribution in [1.82, 2.24) is 9.97 Å². The lowest BCUT2D eigenvalue weighted by Crippen LogP contribution is -2.00. The van der Waals surface area contributed by atoms with Gasteiger partial charge in [-0.15, -0.1) is 0 Å². The van der Waals surface area contributed by atoms with Crippen molar-refractivity contribution in [2.45, 2.75) is 12.8 Å². The standard InChI is InChI=1S/C13H11ClN2O2/c14-10-3-1-2-9(8-10)13-15-7-6-11(16-13)4-5-12(17)18/h1-3,6-8H,4-5H2,(H,17,18). The average Bonchev–Trinajstić information content (AvgIpc) is 2.37. The topological polar surface area (TPSA) is 63.1 Å². The van der Waals surface area contributed by atoms with Crippen molar-refractivity contribution in [3.05, 3.63) is 47.2 Å². The zero-order valence-electron chi connectivity index (χ0n) is 9.51. The summed E-state index contributed by atoms with van der Waals surface area (Å²) in [5.41, 5.74) is 1.53. The quantitative estimate of drug-likeness (QED) is 0.920. The van der Waals surface area contributed by atoms with Crippen molar-refractivity contribution < 1.29 is 9.90 Å². The molecule has 0 spiro atoms. The Labute approximate surface area is 109 Å². The summed E-state index contributed by atoms with van der Waals surface area (Å²) < 4.78 is 0. The lowest BCUT2D eigenvalue weighted by molar-refractivity contribution is -0.136. The van der Waals surface area contributed by atoms with Gasteiger partial charge in [0, 0.05) is 28.9 Å². The van der Waals surface area contributed by atoms with Crippen LogP contribution in [0.25, 0.3) is 11.4 Å². The lowest BCUT2D eigenvalue weighted by Gasteiger charge is -2.03. The number of aromatic nitrogens is 2. The van der Waals surface area contributed by atoms with Crippen molar-refractivity contribution in [3.63, 3.8) is 0 Å². The van der Waals surface area contributed by atoms with Crippen LogP contribution in [0.15, 0.2) is 36.5 Å². The van der Waals surface area contributed by atoms with Crippen LogP contribution in [-0.2, 0) is 11.2 Å². The number of carboxylic acid groups (broad SMARTS) is 1. The second-order valence-corrected chi connectivity index (χ2v) is 4.21. The molecule has 2 aromatic rings. The summed E-state index contributed by atoms with van der Waals surface area (Å²) in [5.74, 6) is -0.279. The number of nitrogens with zero attached hydrogens (tertiary/aromatic N) is 2. The molecule has 1 heterocycles. The minimum Gasteiger partial charge on any atom is -0.481 e. The van der Waals surface area contributed by atoms with Crippen LogP contribution in [0.5, 0.6) is 0 Å². The summed E-state index contributed by atoms with van der Waals surface area (Å²) >= 11 is 5.90. The molecule has 0 unspecified atom stereocenters. The number of rotatable bonds is 4. The Morgan fingerprint density at radius 1 is 1.33 bits per heavy atom. The molecule has 1 N–H and O–H groups in total. The van der Waals surface area contributed by atoms with Gasteiger partial charge in [-0.1, -0.05) is 23.7 Å². The maximum Gasteiger partial charge on any atom is 0.303 e. The van der Waals surface area contributed by atoms with Crippen LogP contribution in [0, 0.1) is 0 Å². The van der Waals surface area contributed by atoms with Crippen molar-refractivity contribution in [2.75, 3.05) is 0 Å². The highest BCUT2D eigenvalue weighted by Gasteiger charge is 2.05. The third-order valence-electron chi connectivity index (χ3n) is 2.39.